The smallest absolute Gasteiger partial charge is 0.244 e. The normalized spacial score (nSPS) is 29.9. The Bertz CT molecular complexity index is 976. The van der Waals surface area contributed by atoms with Crippen LogP contribution in [0.5, 0.6) is 0 Å². The molecule has 8 heteroatoms. The average molecular weight is 502 g/mol. The highest BCUT2D eigenvalue weighted by atomic mass is 32.2. The first-order chi connectivity index (χ1) is 16.4. The number of anilines is 1. The van der Waals surface area contributed by atoms with E-state index >= 15 is 0 Å². The van der Waals surface area contributed by atoms with Crippen molar-refractivity contribution in [1.29, 1.82) is 0 Å². The molecule has 35 heavy (non-hydrogen) atoms. The van der Waals surface area contributed by atoms with Crippen LogP contribution in [0.4, 0.5) is 5.69 Å². The van der Waals surface area contributed by atoms with E-state index in [-0.39, 0.29) is 35.0 Å². The lowest BCUT2D eigenvalue weighted by atomic mass is 9.70. The predicted molar refractivity (Wildman–Crippen MR) is 139 cm³/mol. The van der Waals surface area contributed by atoms with E-state index in [4.69, 9.17) is 0 Å². The fourth-order valence-corrected chi connectivity index (χ4v) is 8.97. The molecule has 2 unspecified atom stereocenters. The van der Waals surface area contributed by atoms with Gasteiger partial charge in [-0.25, -0.2) is 0 Å². The monoisotopic (exact) mass is 501 g/mol. The number of nitrogens with zero attached hydrogens (tertiary/aromatic N) is 1. The third-order valence-electron chi connectivity index (χ3n) is 7.38. The van der Waals surface area contributed by atoms with E-state index in [2.05, 4.69) is 31.4 Å². The molecular weight excluding hydrogens is 462 g/mol. The number of carbonyl (C=O) groups excluding carboxylic acids is 3. The number of nitrogens with one attached hydrogen (secondary N) is 2. The summed E-state index contributed by atoms with van der Waals surface area (Å²) in [6.45, 7) is 10.7. The van der Waals surface area contributed by atoms with Crippen molar-refractivity contribution in [3.63, 3.8) is 0 Å². The number of aliphatic hydroxyl groups is 1. The van der Waals surface area contributed by atoms with Gasteiger partial charge in [0.15, 0.2) is 0 Å². The molecule has 2 bridgehead atoms. The summed E-state index contributed by atoms with van der Waals surface area (Å²) in [6, 6.07) is 8.65. The largest absolute Gasteiger partial charge is 0.396 e. The van der Waals surface area contributed by atoms with E-state index in [0.717, 1.165) is 19.3 Å². The number of rotatable bonds is 8. The molecule has 3 aliphatic heterocycles. The molecule has 3 N–H and O–H groups in total. The van der Waals surface area contributed by atoms with Gasteiger partial charge in [-0.15, -0.1) is 11.8 Å². The van der Waals surface area contributed by atoms with Gasteiger partial charge >= 0.3 is 0 Å². The van der Waals surface area contributed by atoms with Crippen LogP contribution >= 0.6 is 11.8 Å². The lowest BCUT2D eigenvalue weighted by Crippen LogP contribution is -2.58. The van der Waals surface area contributed by atoms with Crippen molar-refractivity contribution in [2.24, 2.45) is 17.3 Å². The van der Waals surface area contributed by atoms with Crippen LogP contribution in [0.2, 0.25) is 0 Å². The molecule has 3 amide bonds. The second kappa shape index (κ2) is 9.43. The summed E-state index contributed by atoms with van der Waals surface area (Å²) in [6.07, 6.45) is 2.74. The first kappa shape index (κ1) is 26.0. The summed E-state index contributed by atoms with van der Waals surface area (Å²) in [5.74, 6) is -1.43. The van der Waals surface area contributed by atoms with Gasteiger partial charge in [0.1, 0.15) is 6.04 Å². The second-order valence-electron chi connectivity index (χ2n) is 12.1. The van der Waals surface area contributed by atoms with Crippen LogP contribution in [-0.2, 0) is 14.4 Å². The van der Waals surface area contributed by atoms with Gasteiger partial charge < -0.3 is 20.6 Å². The van der Waals surface area contributed by atoms with Crippen LogP contribution in [0.15, 0.2) is 30.3 Å². The van der Waals surface area contributed by atoms with Crippen LogP contribution in [0, 0.1) is 17.3 Å². The third kappa shape index (κ3) is 4.96. The SMILES string of the molecule is CC(C)(C)CC(C)(C)NC(=O)C1N(CCCO)C(=O)[C@@H]2[C@H](C(=O)Nc3ccccc3)[C@@H]3CCC12S3. The lowest BCUT2D eigenvalue weighted by molar-refractivity contribution is -0.139. The Kier molecular flexibility index (Phi) is 7.01. The number of likely N-dealkylation sites (tertiary alicyclic amines) is 1. The first-order valence-corrected chi connectivity index (χ1v) is 13.5. The molecule has 1 spiro atoms. The van der Waals surface area contributed by atoms with Gasteiger partial charge in [0, 0.05) is 29.6 Å². The minimum Gasteiger partial charge on any atom is -0.396 e. The van der Waals surface area contributed by atoms with Gasteiger partial charge in [0.25, 0.3) is 0 Å². The number of hydrogen-bond donors (Lipinski definition) is 3. The third-order valence-corrected chi connectivity index (χ3v) is 9.34. The van der Waals surface area contributed by atoms with Crippen LogP contribution in [-0.4, -0.2) is 62.5 Å². The van der Waals surface area contributed by atoms with Gasteiger partial charge in [-0.2, -0.15) is 0 Å². The van der Waals surface area contributed by atoms with Crippen molar-refractivity contribution in [2.45, 2.75) is 81.9 Å². The van der Waals surface area contributed by atoms with Crippen LogP contribution in [0.3, 0.4) is 0 Å². The molecule has 1 aromatic carbocycles. The molecule has 0 saturated carbocycles. The Hall–Kier alpha value is -2.06. The van der Waals surface area contributed by atoms with Gasteiger partial charge in [0.05, 0.1) is 16.6 Å². The van der Waals surface area contributed by atoms with Gasteiger partial charge in [-0.05, 0) is 57.1 Å². The number of hydrogen-bond acceptors (Lipinski definition) is 5. The second-order valence-corrected chi connectivity index (χ2v) is 13.7. The molecule has 1 aromatic rings. The number of fused-ring (bicyclic) bond motifs is 1. The van der Waals surface area contributed by atoms with E-state index in [1.165, 1.54) is 0 Å². The fourth-order valence-electron chi connectivity index (χ4n) is 6.75. The zero-order valence-electron chi connectivity index (χ0n) is 21.5. The van der Waals surface area contributed by atoms with Gasteiger partial charge in [-0.3, -0.25) is 14.4 Å². The highest BCUT2D eigenvalue weighted by Gasteiger charge is 2.73. The number of aliphatic hydroxyl groups excluding tert-OH is 1. The maximum atomic E-state index is 13.9. The summed E-state index contributed by atoms with van der Waals surface area (Å²) < 4.78 is -0.613. The molecule has 3 heterocycles. The average Bonchev–Trinajstić information content (AvgIpc) is 3.38. The topological polar surface area (TPSA) is 98.7 Å². The van der Waals surface area contributed by atoms with Crippen LogP contribution in [0.1, 0.15) is 60.3 Å². The Labute approximate surface area is 212 Å². The minimum atomic E-state index is -0.643. The highest BCUT2D eigenvalue weighted by molar-refractivity contribution is 8.02. The van der Waals surface area contributed by atoms with Crippen LogP contribution < -0.4 is 10.6 Å². The highest BCUT2D eigenvalue weighted by Crippen LogP contribution is 2.66. The molecule has 0 aliphatic carbocycles. The first-order valence-electron chi connectivity index (χ1n) is 12.7. The summed E-state index contributed by atoms with van der Waals surface area (Å²) in [5, 5.41) is 15.7. The molecule has 0 aromatic heterocycles. The Morgan fingerprint density at radius 3 is 2.46 bits per heavy atom. The van der Waals surface area contributed by atoms with Crippen molar-refractivity contribution in [2.75, 3.05) is 18.5 Å². The quantitative estimate of drug-likeness (QED) is 0.507. The van der Waals surface area contributed by atoms with Crippen molar-refractivity contribution in [3.8, 4) is 0 Å². The fraction of sp³-hybridized carbons (Fsp3) is 0.667. The predicted octanol–water partition coefficient (Wildman–Crippen LogP) is 3.43. The molecular formula is C27H39N3O4S. The van der Waals surface area contributed by atoms with E-state index in [0.29, 0.717) is 18.7 Å². The minimum absolute atomic E-state index is 0.0190. The number of carbonyl (C=O) groups is 3. The molecule has 0 radical (unpaired) electrons. The molecule has 3 fully saturated rings. The molecule has 5 atom stereocenters. The van der Waals surface area contributed by atoms with Gasteiger partial charge in [0.2, 0.25) is 17.7 Å². The van der Waals surface area contributed by atoms with E-state index in [1.54, 1.807) is 16.7 Å². The molecule has 4 rings (SSSR count). The summed E-state index contributed by atoms with van der Waals surface area (Å²) >= 11 is 1.67. The number of para-hydroxylation sites is 1. The van der Waals surface area contributed by atoms with E-state index in [9.17, 15) is 19.5 Å². The van der Waals surface area contributed by atoms with Crippen LogP contribution in [0.25, 0.3) is 0 Å². The molecule has 192 valence electrons. The zero-order valence-corrected chi connectivity index (χ0v) is 22.3. The maximum Gasteiger partial charge on any atom is 0.244 e. The molecule has 7 nitrogen and oxygen atoms in total. The maximum absolute atomic E-state index is 13.9. The molecule has 3 aliphatic rings. The van der Waals surface area contributed by atoms with E-state index < -0.39 is 28.2 Å². The van der Waals surface area contributed by atoms with Crippen molar-refractivity contribution in [3.05, 3.63) is 30.3 Å². The Morgan fingerprint density at radius 1 is 1.14 bits per heavy atom. The Balaban J connectivity index is 1.63. The standard InChI is InChI=1S/C27H39N3O4S/c1-25(2,3)16-26(4,5)29-23(33)21-27-13-12-18(35-27)19(20(27)24(34)30(21)14-9-15-31)22(32)28-17-10-7-6-8-11-17/h6-8,10-11,18-21,31H,9,12-16H2,1-5H3,(H,28,32)(H,29,33)/t18-,19+,20-,21?,27?/m0/s1. The van der Waals surface area contributed by atoms with Crippen molar-refractivity contribution in [1.82, 2.24) is 10.2 Å². The number of benzene rings is 1. The van der Waals surface area contributed by atoms with Gasteiger partial charge in [-0.1, -0.05) is 39.0 Å². The van der Waals surface area contributed by atoms with E-state index in [1.807, 2.05) is 44.2 Å². The molecule has 3 saturated heterocycles. The van der Waals surface area contributed by atoms with Crippen molar-refractivity contribution >= 4 is 35.2 Å². The van der Waals surface area contributed by atoms with Crippen molar-refractivity contribution < 1.29 is 19.5 Å². The summed E-state index contributed by atoms with van der Waals surface area (Å²) in [5.41, 5.74) is 0.294. The number of amides is 3. The summed E-state index contributed by atoms with van der Waals surface area (Å²) in [4.78, 5) is 42.8. The summed E-state index contributed by atoms with van der Waals surface area (Å²) in [7, 11) is 0. The number of thioether (sulfide) groups is 1. The zero-order chi connectivity index (χ0) is 25.6. The lowest BCUT2D eigenvalue weighted by Gasteiger charge is -2.38. The Morgan fingerprint density at radius 2 is 1.83 bits per heavy atom.